The van der Waals surface area contributed by atoms with E-state index in [0.717, 1.165) is 17.3 Å². The molecule has 7 rings (SSSR count). The predicted octanol–water partition coefficient (Wildman–Crippen LogP) is 4.59. The van der Waals surface area contributed by atoms with E-state index in [-0.39, 0.29) is 5.91 Å². The van der Waals surface area contributed by atoms with Gasteiger partial charge in [0, 0.05) is 23.8 Å². The van der Waals surface area contributed by atoms with Crippen molar-refractivity contribution in [3.63, 3.8) is 0 Å². The number of nitrogens with one attached hydrogen (secondary N) is 2. The van der Waals surface area contributed by atoms with Crippen molar-refractivity contribution in [1.82, 2.24) is 15.5 Å². The molecule has 0 spiro atoms. The first-order valence-electron chi connectivity index (χ1n) is 10.2. The van der Waals surface area contributed by atoms with E-state index in [1.54, 1.807) is 6.20 Å². The van der Waals surface area contributed by atoms with Gasteiger partial charge in [0.05, 0.1) is 17.3 Å². The van der Waals surface area contributed by atoms with E-state index in [9.17, 15) is 4.79 Å². The molecule has 3 aliphatic carbocycles. The van der Waals surface area contributed by atoms with Crippen LogP contribution in [-0.4, -0.2) is 22.6 Å². The second-order valence-electron chi connectivity index (χ2n) is 8.13. The quantitative estimate of drug-likeness (QED) is 0.547. The van der Waals surface area contributed by atoms with E-state index in [2.05, 4.69) is 64.0 Å². The summed E-state index contributed by atoms with van der Waals surface area (Å²) in [6.45, 7) is 0.674. The highest BCUT2D eigenvalue weighted by atomic mass is 16.1. The lowest BCUT2D eigenvalue weighted by molar-refractivity contribution is 0.0944. The number of hydrogen-bond donors (Lipinski definition) is 2. The number of benzene rings is 3. The number of hydrogen-bond acceptors (Lipinski definition) is 2. The van der Waals surface area contributed by atoms with Crippen molar-refractivity contribution < 1.29 is 4.79 Å². The molecular weight excluding hydrogens is 358 g/mol. The Morgan fingerprint density at radius 2 is 1.62 bits per heavy atom. The Bertz CT molecular complexity index is 1190. The van der Waals surface area contributed by atoms with Crippen molar-refractivity contribution in [3.8, 4) is 0 Å². The maximum absolute atomic E-state index is 12.9. The van der Waals surface area contributed by atoms with Crippen molar-refractivity contribution in [2.75, 3.05) is 6.54 Å². The molecule has 1 unspecified atom stereocenters. The maximum Gasteiger partial charge on any atom is 0.253 e. The highest BCUT2D eigenvalue weighted by Crippen LogP contribution is 2.55. The highest BCUT2D eigenvalue weighted by molar-refractivity contribution is 6.05. The van der Waals surface area contributed by atoms with Crippen LogP contribution in [0.5, 0.6) is 0 Å². The van der Waals surface area contributed by atoms with Crippen LogP contribution in [-0.2, 0) is 0 Å². The summed E-state index contributed by atoms with van der Waals surface area (Å²) >= 11 is 0. The monoisotopic (exact) mass is 379 g/mol. The highest BCUT2D eigenvalue weighted by Gasteiger charge is 2.42. The third-order valence-electron chi connectivity index (χ3n) is 6.67. The maximum atomic E-state index is 12.9. The fraction of sp³-hybridized carbons (Fsp3) is 0.200. The van der Waals surface area contributed by atoms with Crippen molar-refractivity contribution in [1.29, 1.82) is 0 Å². The van der Waals surface area contributed by atoms with Gasteiger partial charge in [-0.15, -0.1) is 0 Å². The fourth-order valence-electron chi connectivity index (χ4n) is 5.44. The molecule has 0 fully saturated rings. The lowest BCUT2D eigenvalue weighted by atomic mass is 9.59. The van der Waals surface area contributed by atoms with Gasteiger partial charge in [0.1, 0.15) is 0 Å². The standard InChI is InChI=1S/C25H21N3O/c29-25(21-11-5-6-15-14-27-28-24(15)21)26-13-16-12-22-17-7-1-3-9-19(17)23(16)20-10-4-2-8-18(20)22/h1-11,14,16,22-23H,12-13H2,(H,26,29)(H,27,28). The van der Waals surface area contributed by atoms with Crippen LogP contribution in [0, 0.1) is 5.92 Å². The molecule has 3 aromatic carbocycles. The van der Waals surface area contributed by atoms with Gasteiger partial charge in [-0.1, -0.05) is 60.7 Å². The van der Waals surface area contributed by atoms with E-state index in [1.807, 2.05) is 18.2 Å². The number of nitrogens with zero attached hydrogens (tertiary/aromatic N) is 1. The summed E-state index contributed by atoms with van der Waals surface area (Å²) in [4.78, 5) is 12.9. The lowest BCUT2D eigenvalue weighted by Gasteiger charge is -2.45. The van der Waals surface area contributed by atoms with Gasteiger partial charge in [0.2, 0.25) is 0 Å². The molecule has 0 saturated heterocycles. The summed E-state index contributed by atoms with van der Waals surface area (Å²) in [5.74, 6) is 1.12. The van der Waals surface area contributed by atoms with Crippen LogP contribution in [0.4, 0.5) is 0 Å². The zero-order chi connectivity index (χ0) is 19.4. The number of para-hydroxylation sites is 1. The minimum Gasteiger partial charge on any atom is -0.352 e. The van der Waals surface area contributed by atoms with Crippen LogP contribution in [0.3, 0.4) is 0 Å². The van der Waals surface area contributed by atoms with E-state index in [4.69, 9.17) is 0 Å². The molecule has 4 nitrogen and oxygen atoms in total. The minimum atomic E-state index is -0.0390. The summed E-state index contributed by atoms with van der Waals surface area (Å²) < 4.78 is 0. The average molecular weight is 379 g/mol. The first-order chi connectivity index (χ1) is 14.3. The van der Waals surface area contributed by atoms with Gasteiger partial charge in [-0.2, -0.15) is 5.10 Å². The molecule has 2 N–H and O–H groups in total. The first kappa shape index (κ1) is 16.5. The largest absolute Gasteiger partial charge is 0.352 e. The molecule has 1 amide bonds. The average Bonchev–Trinajstić information content (AvgIpc) is 3.26. The minimum absolute atomic E-state index is 0.0390. The molecule has 1 atom stereocenters. The number of carbonyl (C=O) groups is 1. The summed E-state index contributed by atoms with van der Waals surface area (Å²) in [5, 5.41) is 11.2. The second kappa shape index (κ2) is 6.31. The normalized spacial score (nSPS) is 21.6. The Morgan fingerprint density at radius 3 is 2.34 bits per heavy atom. The molecule has 29 heavy (non-hydrogen) atoms. The van der Waals surface area contributed by atoms with Gasteiger partial charge >= 0.3 is 0 Å². The van der Waals surface area contributed by atoms with E-state index < -0.39 is 0 Å². The van der Waals surface area contributed by atoms with Gasteiger partial charge in [-0.05, 0) is 40.7 Å². The summed E-state index contributed by atoms with van der Waals surface area (Å²) in [6.07, 6.45) is 2.83. The molecule has 0 saturated carbocycles. The van der Waals surface area contributed by atoms with Crippen LogP contribution >= 0.6 is 0 Å². The molecule has 1 aromatic heterocycles. The Balaban J connectivity index is 1.31. The number of carbonyl (C=O) groups excluding carboxylic acids is 1. The number of H-pyrrole nitrogens is 1. The van der Waals surface area contributed by atoms with E-state index in [1.165, 1.54) is 22.3 Å². The van der Waals surface area contributed by atoms with Crippen molar-refractivity contribution in [2.45, 2.75) is 18.3 Å². The van der Waals surface area contributed by atoms with Crippen LogP contribution < -0.4 is 5.32 Å². The molecule has 0 aliphatic heterocycles. The van der Waals surface area contributed by atoms with Crippen molar-refractivity contribution in [2.24, 2.45) is 5.92 Å². The third-order valence-corrected chi connectivity index (χ3v) is 6.67. The molecule has 0 radical (unpaired) electrons. The number of amides is 1. The van der Waals surface area contributed by atoms with Gasteiger partial charge in [-0.3, -0.25) is 9.89 Å². The van der Waals surface area contributed by atoms with Crippen LogP contribution in [0.15, 0.2) is 72.9 Å². The topological polar surface area (TPSA) is 57.8 Å². The molecule has 4 heteroatoms. The predicted molar refractivity (Wildman–Crippen MR) is 113 cm³/mol. The first-order valence-corrected chi connectivity index (χ1v) is 10.2. The smallest absolute Gasteiger partial charge is 0.253 e. The number of rotatable bonds is 3. The van der Waals surface area contributed by atoms with Gasteiger partial charge in [0.15, 0.2) is 0 Å². The molecule has 2 bridgehead atoms. The SMILES string of the molecule is O=C(NCC1CC2c3ccccc3C1c1ccccc12)c1cccc2cn[nH]c12. The Kier molecular flexibility index (Phi) is 3.60. The summed E-state index contributed by atoms with van der Waals surface area (Å²) in [7, 11) is 0. The third kappa shape index (κ3) is 2.45. The number of fused-ring (bicyclic) bond motifs is 2. The van der Waals surface area contributed by atoms with Crippen molar-refractivity contribution >= 4 is 16.8 Å². The molecule has 4 aromatic rings. The number of aromatic nitrogens is 2. The van der Waals surface area contributed by atoms with Gasteiger partial charge in [-0.25, -0.2) is 0 Å². The van der Waals surface area contributed by atoms with Crippen LogP contribution in [0.1, 0.15) is 50.9 Å². The van der Waals surface area contributed by atoms with E-state index >= 15 is 0 Å². The van der Waals surface area contributed by atoms with Crippen LogP contribution in [0.2, 0.25) is 0 Å². The number of aromatic amines is 1. The van der Waals surface area contributed by atoms with Gasteiger partial charge in [0.25, 0.3) is 5.91 Å². The zero-order valence-electron chi connectivity index (χ0n) is 15.9. The van der Waals surface area contributed by atoms with E-state index in [0.29, 0.717) is 29.9 Å². The Labute approximate surface area is 169 Å². The summed E-state index contributed by atoms with van der Waals surface area (Å²) in [6, 6.07) is 23.4. The molecular formula is C25H21N3O. The molecule has 142 valence electrons. The van der Waals surface area contributed by atoms with Crippen molar-refractivity contribution in [3.05, 3.63) is 101 Å². The van der Waals surface area contributed by atoms with Crippen LogP contribution in [0.25, 0.3) is 10.9 Å². The summed E-state index contributed by atoms with van der Waals surface area (Å²) in [5.41, 5.74) is 7.23. The Morgan fingerprint density at radius 1 is 0.931 bits per heavy atom. The zero-order valence-corrected chi connectivity index (χ0v) is 15.9. The van der Waals surface area contributed by atoms with Gasteiger partial charge < -0.3 is 5.32 Å². The lowest BCUT2D eigenvalue weighted by Crippen LogP contribution is -2.39. The fourth-order valence-corrected chi connectivity index (χ4v) is 5.44. The second-order valence-corrected chi connectivity index (χ2v) is 8.13. The molecule has 3 aliphatic rings. The molecule has 1 heterocycles. The Hall–Kier alpha value is -3.40.